The Morgan fingerprint density at radius 2 is 2.14 bits per heavy atom. The van der Waals surface area contributed by atoms with Crippen LogP contribution in [0.15, 0.2) is 39.7 Å². The van der Waals surface area contributed by atoms with Crippen LogP contribution in [0.5, 0.6) is 11.5 Å². The van der Waals surface area contributed by atoms with Gasteiger partial charge in [-0.1, -0.05) is 30.4 Å². The normalized spacial score (nSPS) is 27.4. The molecule has 150 valence electrons. The number of thiocarbonyl (C=S) groups is 1. The summed E-state index contributed by atoms with van der Waals surface area (Å²) in [4.78, 5) is 15.5. The lowest BCUT2D eigenvalue weighted by molar-refractivity contribution is -0.124. The number of carbonyl (C=O) groups excluding carboxylic acids is 1. The van der Waals surface area contributed by atoms with Crippen molar-refractivity contribution in [2.24, 2.45) is 11.8 Å². The summed E-state index contributed by atoms with van der Waals surface area (Å²) in [6, 6.07) is 9.01. The van der Waals surface area contributed by atoms with Crippen LogP contribution < -0.4 is 4.74 Å². The maximum absolute atomic E-state index is 13.0. The summed E-state index contributed by atoms with van der Waals surface area (Å²) in [5.74, 6) is 3.01. The monoisotopic (exact) mass is 427 g/mol. The molecule has 3 fully saturated rings. The van der Waals surface area contributed by atoms with Crippen molar-refractivity contribution in [1.82, 2.24) is 4.90 Å². The smallest absolute Gasteiger partial charge is 0.266 e. The number of phenolic OH excluding ortho intramolecular Hbond substituents is 1. The van der Waals surface area contributed by atoms with E-state index < -0.39 is 0 Å². The molecule has 2 heterocycles. The van der Waals surface area contributed by atoms with E-state index in [0.717, 1.165) is 17.9 Å². The van der Waals surface area contributed by atoms with Gasteiger partial charge in [-0.15, -0.1) is 0 Å². The molecule has 3 aliphatic rings. The topological polar surface area (TPSA) is 62.9 Å². The third-order valence-corrected chi connectivity index (χ3v) is 7.55. The molecule has 1 amide bonds. The van der Waals surface area contributed by atoms with Crippen LogP contribution in [-0.4, -0.2) is 33.4 Å². The average molecular weight is 428 g/mol. The number of aromatic hydroxyl groups is 1. The van der Waals surface area contributed by atoms with E-state index in [1.807, 2.05) is 23.1 Å². The van der Waals surface area contributed by atoms with Crippen molar-refractivity contribution in [1.29, 1.82) is 0 Å². The predicted octanol–water partition coefficient (Wildman–Crippen LogP) is 5.05. The van der Waals surface area contributed by atoms with Crippen LogP contribution in [0.3, 0.4) is 0 Å². The summed E-state index contributed by atoms with van der Waals surface area (Å²) < 4.78 is 11.6. The van der Waals surface area contributed by atoms with E-state index >= 15 is 0 Å². The lowest BCUT2D eigenvalue weighted by Crippen LogP contribution is -2.41. The molecule has 5 nitrogen and oxygen atoms in total. The molecule has 1 aliphatic heterocycles. The number of furan rings is 1. The van der Waals surface area contributed by atoms with E-state index in [1.54, 1.807) is 18.2 Å². The van der Waals surface area contributed by atoms with Crippen molar-refractivity contribution in [2.45, 2.75) is 31.7 Å². The number of rotatable bonds is 4. The lowest BCUT2D eigenvalue weighted by atomic mass is 9.94. The molecular weight excluding hydrogens is 406 g/mol. The second-order valence-electron chi connectivity index (χ2n) is 7.88. The average Bonchev–Trinajstić information content (AvgIpc) is 3.48. The number of thioether (sulfide) groups is 1. The summed E-state index contributed by atoms with van der Waals surface area (Å²) in [7, 11) is 1.51. The van der Waals surface area contributed by atoms with Gasteiger partial charge in [-0.05, 0) is 61.4 Å². The van der Waals surface area contributed by atoms with Crippen molar-refractivity contribution in [3.05, 3.63) is 41.0 Å². The van der Waals surface area contributed by atoms with E-state index in [1.165, 1.54) is 38.1 Å². The number of carbonyl (C=O) groups is 1. The molecule has 7 heteroatoms. The highest BCUT2D eigenvalue weighted by molar-refractivity contribution is 8.26. The fraction of sp³-hybridized carbons (Fsp3) is 0.364. The van der Waals surface area contributed by atoms with Crippen LogP contribution in [0.25, 0.3) is 17.4 Å². The molecule has 1 aromatic heterocycles. The van der Waals surface area contributed by atoms with Gasteiger partial charge in [0.05, 0.1) is 12.0 Å². The van der Waals surface area contributed by atoms with Gasteiger partial charge in [-0.3, -0.25) is 9.69 Å². The second kappa shape index (κ2) is 7.22. The number of nitrogens with zero attached hydrogens (tertiary/aromatic N) is 1. The Hall–Kier alpha value is -2.25. The molecule has 0 spiro atoms. The quantitative estimate of drug-likeness (QED) is 0.544. The first-order valence-corrected chi connectivity index (χ1v) is 11.0. The van der Waals surface area contributed by atoms with Gasteiger partial charge in [0.1, 0.15) is 15.8 Å². The SMILES string of the molecule is COc1ccc(-c2ccc(/C=C3\SC(=S)N(C4CC5CCC4C5)C3=O)o2)cc1O. The number of amides is 1. The Morgan fingerprint density at radius 3 is 2.83 bits per heavy atom. The molecule has 2 aliphatic carbocycles. The zero-order valence-electron chi connectivity index (χ0n) is 16.0. The number of phenols is 1. The minimum Gasteiger partial charge on any atom is -0.504 e. The zero-order chi connectivity index (χ0) is 20.1. The highest BCUT2D eigenvalue weighted by Crippen LogP contribution is 2.49. The van der Waals surface area contributed by atoms with Gasteiger partial charge in [-0.25, -0.2) is 0 Å². The maximum Gasteiger partial charge on any atom is 0.266 e. The van der Waals surface area contributed by atoms with Gasteiger partial charge < -0.3 is 14.3 Å². The first kappa shape index (κ1) is 18.8. The number of ether oxygens (including phenoxy) is 1. The first-order valence-electron chi connectivity index (χ1n) is 9.78. The number of benzene rings is 1. The van der Waals surface area contributed by atoms with Crippen LogP contribution in [0.4, 0.5) is 0 Å². The van der Waals surface area contributed by atoms with E-state index in [9.17, 15) is 9.90 Å². The molecule has 3 atom stereocenters. The molecule has 1 saturated heterocycles. The Kier molecular flexibility index (Phi) is 4.67. The molecular formula is C22H21NO4S2. The predicted molar refractivity (Wildman–Crippen MR) is 117 cm³/mol. The molecule has 3 unspecified atom stereocenters. The summed E-state index contributed by atoms with van der Waals surface area (Å²) in [6.07, 6.45) is 6.58. The summed E-state index contributed by atoms with van der Waals surface area (Å²) in [5, 5.41) is 9.98. The van der Waals surface area contributed by atoms with E-state index in [0.29, 0.717) is 32.4 Å². The fourth-order valence-electron chi connectivity index (χ4n) is 4.85. The van der Waals surface area contributed by atoms with Gasteiger partial charge in [0.2, 0.25) is 0 Å². The van der Waals surface area contributed by atoms with E-state index in [2.05, 4.69) is 0 Å². The largest absolute Gasteiger partial charge is 0.504 e. The Bertz CT molecular complexity index is 1030. The van der Waals surface area contributed by atoms with Crippen LogP contribution in [0.1, 0.15) is 31.4 Å². The fourth-order valence-corrected chi connectivity index (χ4v) is 6.20. The van der Waals surface area contributed by atoms with Gasteiger partial charge in [0, 0.05) is 17.7 Å². The molecule has 2 saturated carbocycles. The van der Waals surface area contributed by atoms with E-state index in [-0.39, 0.29) is 17.7 Å². The molecule has 1 N–H and O–H groups in total. The minimum atomic E-state index is -0.00223. The summed E-state index contributed by atoms with van der Waals surface area (Å²) >= 11 is 6.90. The Morgan fingerprint density at radius 1 is 1.28 bits per heavy atom. The maximum atomic E-state index is 13.0. The highest BCUT2D eigenvalue weighted by Gasteiger charge is 2.47. The molecule has 5 rings (SSSR count). The lowest BCUT2D eigenvalue weighted by Gasteiger charge is -2.30. The van der Waals surface area contributed by atoms with Gasteiger partial charge in [0.25, 0.3) is 5.91 Å². The second-order valence-corrected chi connectivity index (χ2v) is 9.56. The van der Waals surface area contributed by atoms with Crippen LogP contribution in [0, 0.1) is 11.8 Å². The van der Waals surface area contributed by atoms with Crippen LogP contribution in [0.2, 0.25) is 0 Å². The van der Waals surface area contributed by atoms with Crippen molar-refractivity contribution in [2.75, 3.05) is 7.11 Å². The zero-order valence-corrected chi connectivity index (χ0v) is 17.6. The molecule has 1 aromatic carbocycles. The number of methoxy groups -OCH3 is 1. The first-order chi connectivity index (χ1) is 14.0. The molecule has 29 heavy (non-hydrogen) atoms. The Labute approximate surface area is 178 Å². The third-order valence-electron chi connectivity index (χ3n) is 6.22. The highest BCUT2D eigenvalue weighted by atomic mass is 32.2. The molecule has 2 aromatic rings. The van der Waals surface area contributed by atoms with Crippen molar-refractivity contribution in [3.8, 4) is 22.8 Å². The standard InChI is InChI=1S/C22H21NO4S2/c1-26-19-6-4-14(10-17(19)24)18-7-5-15(27-18)11-20-21(25)23(22(28)29-20)16-9-12-2-3-13(16)8-12/h4-7,10-13,16,24H,2-3,8-9H2,1H3/b20-11-. The summed E-state index contributed by atoms with van der Waals surface area (Å²) in [5.41, 5.74) is 0.734. The van der Waals surface area contributed by atoms with Gasteiger partial charge >= 0.3 is 0 Å². The number of hydrogen-bond acceptors (Lipinski definition) is 6. The van der Waals surface area contributed by atoms with E-state index in [4.69, 9.17) is 21.4 Å². The number of fused-ring (bicyclic) bond motifs is 2. The molecule has 0 radical (unpaired) electrons. The molecule has 2 bridgehead atoms. The Balaban J connectivity index is 1.37. The summed E-state index contributed by atoms with van der Waals surface area (Å²) in [6.45, 7) is 0. The number of hydrogen-bond donors (Lipinski definition) is 1. The van der Waals surface area contributed by atoms with Crippen molar-refractivity contribution < 1.29 is 19.1 Å². The van der Waals surface area contributed by atoms with Crippen molar-refractivity contribution >= 4 is 40.3 Å². The minimum absolute atomic E-state index is 0.00223. The van der Waals surface area contributed by atoms with Crippen LogP contribution >= 0.6 is 24.0 Å². The van der Waals surface area contributed by atoms with Gasteiger partial charge in [-0.2, -0.15) is 0 Å². The van der Waals surface area contributed by atoms with Crippen molar-refractivity contribution in [3.63, 3.8) is 0 Å². The third kappa shape index (κ3) is 3.26. The van der Waals surface area contributed by atoms with Gasteiger partial charge in [0.15, 0.2) is 11.5 Å². The van der Waals surface area contributed by atoms with Crippen LogP contribution in [-0.2, 0) is 4.79 Å².